The van der Waals surface area contributed by atoms with E-state index in [1.165, 1.54) is 38.3 Å². The Morgan fingerprint density at radius 1 is 1.04 bits per heavy atom. The molecule has 0 aliphatic heterocycles. The molecule has 0 aliphatic carbocycles. The van der Waals surface area contributed by atoms with Gasteiger partial charge in [0, 0.05) is 18.1 Å². The zero-order valence-electron chi connectivity index (χ0n) is 13.8. The molecule has 1 aromatic carbocycles. The fourth-order valence-electron chi connectivity index (χ4n) is 2.92. The van der Waals surface area contributed by atoms with Crippen LogP contribution >= 0.6 is 0 Å². The maximum atomic E-state index is 12.2. The molecule has 4 nitrogen and oxygen atoms in total. The minimum atomic E-state index is -1.16. The summed E-state index contributed by atoms with van der Waals surface area (Å²) in [6, 6.07) is 7.23. The number of rotatable bonds is 9. The molecule has 0 fully saturated rings. The number of aromatic carboxylic acids is 1. The van der Waals surface area contributed by atoms with Crippen LogP contribution in [0.1, 0.15) is 62.2 Å². The van der Waals surface area contributed by atoms with Crippen LogP contribution in [-0.2, 0) is 6.54 Å². The van der Waals surface area contributed by atoms with E-state index in [1.807, 2.05) is 16.7 Å². The normalized spacial score (nSPS) is 11.0. The van der Waals surface area contributed by atoms with Crippen LogP contribution < -0.4 is 5.43 Å². The van der Waals surface area contributed by atoms with Crippen LogP contribution in [0.5, 0.6) is 0 Å². The van der Waals surface area contributed by atoms with Gasteiger partial charge in [0.25, 0.3) is 0 Å². The van der Waals surface area contributed by atoms with E-state index >= 15 is 0 Å². The van der Waals surface area contributed by atoms with E-state index in [0.717, 1.165) is 24.9 Å². The van der Waals surface area contributed by atoms with Crippen molar-refractivity contribution in [2.45, 2.75) is 58.4 Å². The Balaban J connectivity index is 2.09. The fourth-order valence-corrected chi connectivity index (χ4v) is 2.92. The van der Waals surface area contributed by atoms with Gasteiger partial charge in [0.1, 0.15) is 5.56 Å². The number of fused-ring (bicyclic) bond motifs is 1. The Bertz CT molecular complexity index is 718. The second kappa shape index (κ2) is 8.51. The lowest BCUT2D eigenvalue weighted by Crippen LogP contribution is -2.19. The van der Waals surface area contributed by atoms with Gasteiger partial charge < -0.3 is 9.67 Å². The van der Waals surface area contributed by atoms with Crippen LogP contribution in [0.25, 0.3) is 10.9 Å². The van der Waals surface area contributed by atoms with Gasteiger partial charge in [-0.3, -0.25) is 4.79 Å². The van der Waals surface area contributed by atoms with E-state index in [4.69, 9.17) is 0 Å². The van der Waals surface area contributed by atoms with E-state index < -0.39 is 11.4 Å². The van der Waals surface area contributed by atoms with Crippen molar-refractivity contribution in [3.8, 4) is 0 Å². The molecule has 1 aromatic heterocycles. The van der Waals surface area contributed by atoms with Crippen LogP contribution in [0.2, 0.25) is 0 Å². The monoisotopic (exact) mass is 315 g/mol. The number of benzene rings is 1. The molecule has 1 N–H and O–H groups in total. The van der Waals surface area contributed by atoms with Gasteiger partial charge in [-0.2, -0.15) is 0 Å². The summed E-state index contributed by atoms with van der Waals surface area (Å²) in [7, 11) is 0. The van der Waals surface area contributed by atoms with E-state index in [2.05, 4.69) is 6.92 Å². The number of carboxylic acids is 1. The molecule has 0 atom stereocenters. The molecular formula is C19H25NO3. The maximum Gasteiger partial charge on any atom is 0.341 e. The van der Waals surface area contributed by atoms with Crippen molar-refractivity contribution in [2.75, 3.05) is 0 Å². The highest BCUT2D eigenvalue weighted by Gasteiger charge is 2.13. The molecule has 0 saturated carbocycles. The molecule has 4 heteroatoms. The largest absolute Gasteiger partial charge is 0.477 e. The summed E-state index contributed by atoms with van der Waals surface area (Å²) in [4.78, 5) is 23.5. The van der Waals surface area contributed by atoms with Crippen molar-refractivity contribution < 1.29 is 9.90 Å². The average molecular weight is 315 g/mol. The second-order valence-corrected chi connectivity index (χ2v) is 6.01. The van der Waals surface area contributed by atoms with Crippen molar-refractivity contribution in [3.63, 3.8) is 0 Å². The zero-order valence-corrected chi connectivity index (χ0v) is 13.8. The van der Waals surface area contributed by atoms with Crippen molar-refractivity contribution in [1.82, 2.24) is 4.57 Å². The molecular weight excluding hydrogens is 290 g/mol. The lowest BCUT2D eigenvalue weighted by atomic mass is 10.1. The smallest absolute Gasteiger partial charge is 0.341 e. The summed E-state index contributed by atoms with van der Waals surface area (Å²) in [5, 5.41) is 9.71. The molecule has 0 spiro atoms. The lowest BCUT2D eigenvalue weighted by molar-refractivity contribution is 0.0695. The molecule has 0 unspecified atom stereocenters. The third-order valence-electron chi connectivity index (χ3n) is 4.22. The third kappa shape index (κ3) is 4.44. The van der Waals surface area contributed by atoms with Crippen molar-refractivity contribution >= 4 is 16.9 Å². The van der Waals surface area contributed by atoms with Gasteiger partial charge in [-0.15, -0.1) is 0 Å². The number of pyridine rings is 1. The molecule has 124 valence electrons. The van der Waals surface area contributed by atoms with Gasteiger partial charge in [-0.1, -0.05) is 57.6 Å². The summed E-state index contributed by atoms with van der Waals surface area (Å²) >= 11 is 0. The molecule has 1 heterocycles. The summed E-state index contributed by atoms with van der Waals surface area (Å²) in [5.41, 5.74) is 0.268. The number of aromatic nitrogens is 1. The summed E-state index contributed by atoms with van der Waals surface area (Å²) < 4.78 is 1.91. The highest BCUT2D eigenvalue weighted by molar-refractivity contribution is 5.92. The van der Waals surface area contributed by atoms with Crippen LogP contribution in [0.15, 0.2) is 35.3 Å². The fraction of sp³-hybridized carbons (Fsp3) is 0.474. The summed E-state index contributed by atoms with van der Waals surface area (Å²) in [6.45, 7) is 2.95. The predicted octanol–water partition coefficient (Wildman–Crippen LogP) is 4.45. The number of hydrogen-bond donors (Lipinski definition) is 1. The van der Waals surface area contributed by atoms with E-state index in [1.54, 1.807) is 12.1 Å². The number of carboxylic acid groups (broad SMARTS) is 1. The maximum absolute atomic E-state index is 12.2. The number of nitrogens with zero attached hydrogens (tertiary/aromatic N) is 1. The Morgan fingerprint density at radius 3 is 2.39 bits per heavy atom. The molecule has 0 aliphatic rings. The highest BCUT2D eigenvalue weighted by Crippen LogP contribution is 2.14. The number of aryl methyl sites for hydroxylation is 1. The zero-order chi connectivity index (χ0) is 16.7. The summed E-state index contributed by atoms with van der Waals surface area (Å²) in [6.07, 6.45) is 9.94. The lowest BCUT2D eigenvalue weighted by Gasteiger charge is -2.12. The van der Waals surface area contributed by atoms with Gasteiger partial charge in [0.05, 0.1) is 5.52 Å². The number of para-hydroxylation sites is 1. The number of carbonyl (C=O) groups is 1. The third-order valence-corrected chi connectivity index (χ3v) is 4.22. The van der Waals surface area contributed by atoms with Gasteiger partial charge >= 0.3 is 5.97 Å². The average Bonchev–Trinajstić information content (AvgIpc) is 2.55. The van der Waals surface area contributed by atoms with Crippen LogP contribution in [0.4, 0.5) is 0 Å². The summed E-state index contributed by atoms with van der Waals surface area (Å²) in [5.74, 6) is -1.16. The van der Waals surface area contributed by atoms with Gasteiger partial charge in [-0.05, 0) is 18.6 Å². The van der Waals surface area contributed by atoms with Crippen LogP contribution in [0, 0.1) is 0 Å². The number of unbranched alkanes of at least 4 members (excludes halogenated alkanes) is 6. The molecule has 2 aromatic rings. The molecule has 0 saturated heterocycles. The first-order valence-electron chi connectivity index (χ1n) is 8.50. The minimum absolute atomic E-state index is 0.147. The van der Waals surface area contributed by atoms with Crippen LogP contribution in [-0.4, -0.2) is 15.6 Å². The van der Waals surface area contributed by atoms with Gasteiger partial charge in [-0.25, -0.2) is 4.79 Å². The Labute approximate surface area is 136 Å². The van der Waals surface area contributed by atoms with Gasteiger partial charge in [0.2, 0.25) is 5.43 Å². The first-order chi connectivity index (χ1) is 11.1. The topological polar surface area (TPSA) is 59.3 Å². The second-order valence-electron chi connectivity index (χ2n) is 6.01. The first kappa shape index (κ1) is 17.3. The molecule has 0 bridgehead atoms. The van der Waals surface area contributed by atoms with Crippen molar-refractivity contribution in [2.24, 2.45) is 0 Å². The predicted molar refractivity (Wildman–Crippen MR) is 93.2 cm³/mol. The van der Waals surface area contributed by atoms with E-state index in [-0.39, 0.29) is 5.56 Å². The molecule has 0 radical (unpaired) electrons. The van der Waals surface area contributed by atoms with Gasteiger partial charge in [0.15, 0.2) is 0 Å². The first-order valence-corrected chi connectivity index (χ1v) is 8.50. The Kier molecular flexibility index (Phi) is 6.39. The Morgan fingerprint density at radius 2 is 1.70 bits per heavy atom. The van der Waals surface area contributed by atoms with Crippen molar-refractivity contribution in [1.29, 1.82) is 0 Å². The van der Waals surface area contributed by atoms with Crippen molar-refractivity contribution in [3.05, 3.63) is 46.2 Å². The quantitative estimate of drug-likeness (QED) is 0.695. The van der Waals surface area contributed by atoms with Crippen LogP contribution in [0.3, 0.4) is 0 Å². The van der Waals surface area contributed by atoms with E-state index in [0.29, 0.717) is 5.39 Å². The molecule has 2 rings (SSSR count). The standard InChI is InChI=1S/C19H25NO3/c1-2-3-4-5-6-7-10-13-20-14-16(19(22)23)18(21)15-11-8-9-12-17(15)20/h8-9,11-12,14H,2-7,10,13H2,1H3,(H,22,23). The SMILES string of the molecule is CCCCCCCCCn1cc(C(=O)O)c(=O)c2ccccc21. The molecule has 0 amide bonds. The van der Waals surface area contributed by atoms with E-state index in [9.17, 15) is 14.7 Å². The highest BCUT2D eigenvalue weighted by atomic mass is 16.4. The minimum Gasteiger partial charge on any atom is -0.477 e. The molecule has 23 heavy (non-hydrogen) atoms. The Hall–Kier alpha value is -2.10. The number of hydrogen-bond acceptors (Lipinski definition) is 2.